The second kappa shape index (κ2) is 6.71. The van der Waals surface area contributed by atoms with E-state index < -0.39 is 0 Å². The van der Waals surface area contributed by atoms with Gasteiger partial charge in [-0.2, -0.15) is 0 Å². The molecule has 0 saturated heterocycles. The third-order valence-corrected chi connectivity index (χ3v) is 4.63. The van der Waals surface area contributed by atoms with Gasteiger partial charge in [0.15, 0.2) is 0 Å². The second-order valence-electron chi connectivity index (χ2n) is 3.62. The summed E-state index contributed by atoms with van der Waals surface area (Å²) in [6.45, 7) is 0. The van der Waals surface area contributed by atoms with E-state index in [9.17, 15) is 9.50 Å². The average Bonchev–Trinajstić information content (AvgIpc) is 2.39. The molecule has 0 atom stereocenters. The number of benzene rings is 2. The third kappa shape index (κ3) is 3.96. The molecule has 1 nitrogen and oxygen atoms in total. The lowest BCUT2D eigenvalue weighted by Gasteiger charge is -2.04. The van der Waals surface area contributed by atoms with E-state index in [1.807, 2.05) is 18.2 Å². The van der Waals surface area contributed by atoms with E-state index in [0.717, 1.165) is 21.3 Å². The number of para-hydroxylation sites is 1. The Kier molecular flexibility index (Phi) is 4.96. The van der Waals surface area contributed by atoms with Crippen molar-refractivity contribution in [3.8, 4) is 5.75 Å². The lowest BCUT2D eigenvalue weighted by molar-refractivity contribution is 0.462. The molecule has 94 valence electrons. The van der Waals surface area contributed by atoms with Crippen LogP contribution in [0.15, 0.2) is 58.3 Å². The van der Waals surface area contributed by atoms with Crippen molar-refractivity contribution < 1.29 is 9.50 Å². The highest BCUT2D eigenvalue weighted by Gasteiger charge is 2.00. The van der Waals surface area contributed by atoms with Gasteiger partial charge in [-0.05, 0) is 36.4 Å². The molecule has 2 aromatic carbocycles. The Morgan fingerprint density at radius 1 is 0.889 bits per heavy atom. The van der Waals surface area contributed by atoms with Crippen LogP contribution < -0.4 is 0 Å². The lowest BCUT2D eigenvalue weighted by atomic mass is 10.3. The highest BCUT2D eigenvalue weighted by atomic mass is 32.2. The summed E-state index contributed by atoms with van der Waals surface area (Å²) in [6, 6.07) is 13.8. The molecule has 0 aromatic heterocycles. The number of phenolic OH excluding ortho intramolecular Hbond substituents is 1. The topological polar surface area (TPSA) is 20.2 Å². The van der Waals surface area contributed by atoms with Crippen LogP contribution in [0.3, 0.4) is 0 Å². The maximum atomic E-state index is 12.7. The quantitative estimate of drug-likeness (QED) is 0.647. The first-order valence-electron chi connectivity index (χ1n) is 5.55. The number of rotatable bonds is 5. The molecule has 2 aromatic rings. The van der Waals surface area contributed by atoms with Crippen molar-refractivity contribution in [2.75, 3.05) is 11.5 Å². The summed E-state index contributed by atoms with van der Waals surface area (Å²) < 4.78 is 12.7. The normalized spacial score (nSPS) is 10.5. The number of hydrogen-bond acceptors (Lipinski definition) is 3. The predicted octanol–water partition coefficient (Wildman–Crippen LogP) is 4.42. The smallest absolute Gasteiger partial charge is 0.129 e. The van der Waals surface area contributed by atoms with Crippen LogP contribution in [0.5, 0.6) is 5.75 Å². The molecule has 0 spiro atoms. The van der Waals surface area contributed by atoms with Crippen LogP contribution in [0, 0.1) is 5.82 Å². The summed E-state index contributed by atoms with van der Waals surface area (Å²) in [5.41, 5.74) is 0. The highest BCUT2D eigenvalue weighted by Crippen LogP contribution is 2.29. The molecule has 2 rings (SSSR count). The van der Waals surface area contributed by atoms with Gasteiger partial charge in [-0.25, -0.2) is 4.39 Å². The van der Waals surface area contributed by atoms with Crippen molar-refractivity contribution in [1.82, 2.24) is 0 Å². The van der Waals surface area contributed by atoms with Gasteiger partial charge in [-0.3, -0.25) is 0 Å². The van der Waals surface area contributed by atoms with Gasteiger partial charge in [0.05, 0.1) is 0 Å². The molecule has 0 amide bonds. The predicted molar refractivity (Wildman–Crippen MR) is 76.0 cm³/mol. The first-order chi connectivity index (χ1) is 8.75. The fraction of sp³-hybridized carbons (Fsp3) is 0.143. The van der Waals surface area contributed by atoms with Gasteiger partial charge in [0.2, 0.25) is 0 Å². The number of halogens is 1. The number of phenols is 1. The Bertz CT molecular complexity index is 499. The van der Waals surface area contributed by atoms with Gasteiger partial charge in [0, 0.05) is 21.3 Å². The van der Waals surface area contributed by atoms with E-state index >= 15 is 0 Å². The zero-order valence-corrected chi connectivity index (χ0v) is 11.3. The van der Waals surface area contributed by atoms with E-state index in [-0.39, 0.29) is 5.82 Å². The van der Waals surface area contributed by atoms with Gasteiger partial charge >= 0.3 is 0 Å². The lowest BCUT2D eigenvalue weighted by Crippen LogP contribution is -1.85. The van der Waals surface area contributed by atoms with Crippen LogP contribution in [0.2, 0.25) is 0 Å². The van der Waals surface area contributed by atoms with E-state index in [0.29, 0.717) is 5.75 Å². The monoisotopic (exact) mass is 280 g/mol. The first-order valence-corrected chi connectivity index (χ1v) is 7.52. The zero-order chi connectivity index (χ0) is 12.8. The molecule has 0 aliphatic carbocycles. The fourth-order valence-corrected chi connectivity index (χ4v) is 3.26. The van der Waals surface area contributed by atoms with Gasteiger partial charge in [0.1, 0.15) is 11.6 Å². The van der Waals surface area contributed by atoms with Crippen LogP contribution in [-0.2, 0) is 0 Å². The zero-order valence-electron chi connectivity index (χ0n) is 9.67. The Morgan fingerprint density at radius 3 is 2.28 bits per heavy atom. The standard InChI is InChI=1S/C14H13FOS2/c15-11-5-7-12(8-6-11)17-9-10-18-14-4-2-1-3-13(14)16/h1-8,16H,9-10H2. The van der Waals surface area contributed by atoms with E-state index in [4.69, 9.17) is 0 Å². The summed E-state index contributed by atoms with van der Waals surface area (Å²) in [7, 11) is 0. The molecule has 0 heterocycles. The number of hydrogen-bond donors (Lipinski definition) is 1. The van der Waals surface area contributed by atoms with Crippen LogP contribution in [-0.4, -0.2) is 16.6 Å². The van der Waals surface area contributed by atoms with Gasteiger partial charge in [0.25, 0.3) is 0 Å². The van der Waals surface area contributed by atoms with Crippen LogP contribution in [0.1, 0.15) is 0 Å². The maximum absolute atomic E-state index is 12.7. The average molecular weight is 280 g/mol. The second-order valence-corrected chi connectivity index (χ2v) is 5.92. The molecular formula is C14H13FOS2. The van der Waals surface area contributed by atoms with Crippen molar-refractivity contribution in [2.45, 2.75) is 9.79 Å². The molecule has 0 radical (unpaired) electrons. The van der Waals surface area contributed by atoms with Gasteiger partial charge in [-0.1, -0.05) is 12.1 Å². The minimum Gasteiger partial charge on any atom is -0.507 e. The van der Waals surface area contributed by atoms with E-state index in [1.165, 1.54) is 12.1 Å². The van der Waals surface area contributed by atoms with Crippen LogP contribution >= 0.6 is 23.5 Å². The molecule has 0 bridgehead atoms. The molecule has 0 unspecified atom stereocenters. The van der Waals surface area contributed by atoms with Crippen molar-refractivity contribution in [3.63, 3.8) is 0 Å². The first kappa shape index (κ1) is 13.3. The number of aromatic hydroxyl groups is 1. The molecule has 0 aliphatic heterocycles. The Hall–Kier alpha value is -1.13. The maximum Gasteiger partial charge on any atom is 0.129 e. The van der Waals surface area contributed by atoms with E-state index in [2.05, 4.69) is 0 Å². The fourth-order valence-electron chi connectivity index (χ4n) is 1.42. The van der Waals surface area contributed by atoms with Crippen molar-refractivity contribution in [2.24, 2.45) is 0 Å². The highest BCUT2D eigenvalue weighted by molar-refractivity contribution is 8.03. The molecule has 0 fully saturated rings. The van der Waals surface area contributed by atoms with Gasteiger partial charge in [-0.15, -0.1) is 23.5 Å². The molecule has 18 heavy (non-hydrogen) atoms. The Morgan fingerprint density at radius 2 is 1.56 bits per heavy atom. The van der Waals surface area contributed by atoms with Crippen molar-refractivity contribution >= 4 is 23.5 Å². The molecular weight excluding hydrogens is 267 g/mol. The molecule has 0 aliphatic rings. The minimum absolute atomic E-state index is 0.206. The Balaban J connectivity index is 1.76. The summed E-state index contributed by atoms with van der Waals surface area (Å²) >= 11 is 3.31. The van der Waals surface area contributed by atoms with Crippen LogP contribution in [0.25, 0.3) is 0 Å². The summed E-state index contributed by atoms with van der Waals surface area (Å²) in [4.78, 5) is 1.96. The van der Waals surface area contributed by atoms with Crippen molar-refractivity contribution in [1.29, 1.82) is 0 Å². The largest absolute Gasteiger partial charge is 0.507 e. The molecule has 0 saturated carbocycles. The summed E-state index contributed by atoms with van der Waals surface area (Å²) in [5.74, 6) is 1.95. The molecule has 4 heteroatoms. The summed E-state index contributed by atoms with van der Waals surface area (Å²) in [6.07, 6.45) is 0. The Labute approximate surface area is 114 Å². The third-order valence-electron chi connectivity index (χ3n) is 2.29. The van der Waals surface area contributed by atoms with Crippen molar-refractivity contribution in [3.05, 3.63) is 54.3 Å². The number of thioether (sulfide) groups is 2. The summed E-state index contributed by atoms with van der Waals surface area (Å²) in [5, 5.41) is 9.59. The van der Waals surface area contributed by atoms with E-state index in [1.54, 1.807) is 41.7 Å². The SMILES string of the molecule is Oc1ccccc1SCCSc1ccc(F)cc1. The molecule has 1 N–H and O–H groups in total. The van der Waals surface area contributed by atoms with Crippen LogP contribution in [0.4, 0.5) is 4.39 Å². The minimum atomic E-state index is -0.206. The van der Waals surface area contributed by atoms with Gasteiger partial charge < -0.3 is 5.11 Å².